The third kappa shape index (κ3) is 5.88. The van der Waals surface area contributed by atoms with Gasteiger partial charge in [-0.1, -0.05) is 6.07 Å². The average Bonchev–Trinajstić information content (AvgIpc) is 2.78. The van der Waals surface area contributed by atoms with Gasteiger partial charge in [-0.2, -0.15) is 0 Å². The molecule has 0 spiro atoms. The molecular formula is C22H25NO8. The van der Waals surface area contributed by atoms with E-state index >= 15 is 0 Å². The summed E-state index contributed by atoms with van der Waals surface area (Å²) in [5, 5.41) is 14.8. The van der Waals surface area contributed by atoms with Crippen LogP contribution in [0.4, 0.5) is 0 Å². The van der Waals surface area contributed by atoms with Crippen molar-refractivity contribution in [3.05, 3.63) is 47.0 Å². The minimum absolute atomic E-state index is 0.725. The maximum absolute atomic E-state index is 9.10. The summed E-state index contributed by atoms with van der Waals surface area (Å²) in [6.07, 6.45) is 1.63. The predicted molar refractivity (Wildman–Crippen MR) is 113 cm³/mol. The first kappa shape index (κ1) is 23.5. The van der Waals surface area contributed by atoms with Crippen LogP contribution in [0.3, 0.4) is 0 Å². The maximum atomic E-state index is 9.10. The molecular weight excluding hydrogens is 406 g/mol. The van der Waals surface area contributed by atoms with E-state index in [1.54, 1.807) is 28.4 Å². The van der Waals surface area contributed by atoms with Crippen LogP contribution in [0.25, 0.3) is 0 Å². The second kappa shape index (κ2) is 10.9. The van der Waals surface area contributed by atoms with E-state index in [1.165, 1.54) is 5.56 Å². The Balaban J connectivity index is 0.000000501. The van der Waals surface area contributed by atoms with E-state index in [9.17, 15) is 0 Å². The molecule has 2 aromatic carbocycles. The van der Waals surface area contributed by atoms with Crippen LogP contribution in [0, 0.1) is 0 Å². The number of carbonyl (C=O) groups is 2. The molecule has 0 saturated heterocycles. The first-order valence-electron chi connectivity index (χ1n) is 9.30. The largest absolute Gasteiger partial charge is 0.493 e. The number of nitrogens with zero attached hydrogens (tertiary/aromatic N) is 1. The lowest BCUT2D eigenvalue weighted by molar-refractivity contribution is -0.159. The fourth-order valence-corrected chi connectivity index (χ4v) is 3.13. The van der Waals surface area contributed by atoms with Gasteiger partial charge >= 0.3 is 11.9 Å². The number of methoxy groups -OCH3 is 4. The van der Waals surface area contributed by atoms with Crippen LogP contribution in [-0.4, -0.2) is 62.8 Å². The number of carboxylic acid groups (broad SMARTS) is 2. The standard InChI is InChI=1S/C20H23NO4.C2H2O4/c1-22-17-6-5-13(10-18(17)23-2)9-16-15-12-20(25-4)19(24-3)11-14(15)7-8-21-16;3-1(4)2(5)6/h5-6,10-12H,7-9H2,1-4H3;(H,3,4)(H,5,6). The fourth-order valence-electron chi connectivity index (χ4n) is 3.13. The molecule has 0 amide bonds. The summed E-state index contributed by atoms with van der Waals surface area (Å²) < 4.78 is 21.6. The van der Waals surface area contributed by atoms with Crippen molar-refractivity contribution >= 4 is 17.7 Å². The molecule has 2 aromatic rings. The second-order valence-corrected chi connectivity index (χ2v) is 6.42. The van der Waals surface area contributed by atoms with E-state index in [-0.39, 0.29) is 0 Å². The number of hydrogen-bond donors (Lipinski definition) is 2. The van der Waals surface area contributed by atoms with Crippen LogP contribution in [0.2, 0.25) is 0 Å². The third-order valence-corrected chi connectivity index (χ3v) is 4.61. The Morgan fingerprint density at radius 1 is 0.839 bits per heavy atom. The molecule has 1 aliphatic heterocycles. The molecule has 1 heterocycles. The molecule has 0 fully saturated rings. The molecule has 166 valence electrons. The molecule has 0 aromatic heterocycles. The minimum Gasteiger partial charge on any atom is -0.493 e. The maximum Gasteiger partial charge on any atom is 0.414 e. The van der Waals surface area contributed by atoms with Crippen molar-refractivity contribution in [3.63, 3.8) is 0 Å². The molecule has 0 bridgehead atoms. The van der Waals surface area contributed by atoms with Crippen LogP contribution < -0.4 is 18.9 Å². The number of aliphatic carboxylic acids is 2. The van der Waals surface area contributed by atoms with E-state index in [2.05, 4.69) is 6.07 Å². The Hall–Kier alpha value is -3.75. The van der Waals surface area contributed by atoms with Crippen LogP contribution in [0.5, 0.6) is 23.0 Å². The van der Waals surface area contributed by atoms with E-state index in [4.69, 9.17) is 43.7 Å². The van der Waals surface area contributed by atoms with Gasteiger partial charge in [0.2, 0.25) is 0 Å². The first-order chi connectivity index (χ1) is 14.8. The molecule has 0 radical (unpaired) electrons. The molecule has 0 unspecified atom stereocenters. The lowest BCUT2D eigenvalue weighted by atomic mass is 9.93. The molecule has 2 N–H and O–H groups in total. The lowest BCUT2D eigenvalue weighted by Crippen LogP contribution is -2.16. The summed E-state index contributed by atoms with van der Waals surface area (Å²) in [6, 6.07) is 10.0. The zero-order valence-electron chi connectivity index (χ0n) is 17.8. The summed E-state index contributed by atoms with van der Waals surface area (Å²) in [6.45, 7) is 0.783. The zero-order chi connectivity index (χ0) is 23.0. The predicted octanol–water partition coefficient (Wildman–Crippen LogP) is 2.46. The monoisotopic (exact) mass is 431 g/mol. The number of rotatable bonds is 6. The van der Waals surface area contributed by atoms with Crippen LogP contribution in [-0.2, 0) is 22.4 Å². The Morgan fingerprint density at radius 2 is 1.39 bits per heavy atom. The molecule has 9 heteroatoms. The van der Waals surface area contributed by atoms with E-state index < -0.39 is 11.9 Å². The summed E-state index contributed by atoms with van der Waals surface area (Å²) in [7, 11) is 6.59. The van der Waals surface area contributed by atoms with Gasteiger partial charge in [0.05, 0.1) is 28.4 Å². The Kier molecular flexibility index (Phi) is 8.25. The average molecular weight is 431 g/mol. The highest BCUT2D eigenvalue weighted by Crippen LogP contribution is 2.34. The second-order valence-electron chi connectivity index (χ2n) is 6.42. The highest BCUT2D eigenvalue weighted by molar-refractivity contribution is 6.27. The normalized spacial score (nSPS) is 11.8. The van der Waals surface area contributed by atoms with Gasteiger partial charge in [-0.15, -0.1) is 0 Å². The summed E-state index contributed by atoms with van der Waals surface area (Å²) in [5.74, 6) is -0.714. The number of carboxylic acids is 2. The summed E-state index contributed by atoms with van der Waals surface area (Å²) in [5.41, 5.74) is 4.54. The lowest BCUT2D eigenvalue weighted by Gasteiger charge is -2.20. The Bertz CT molecular complexity index is 972. The molecule has 31 heavy (non-hydrogen) atoms. The third-order valence-electron chi connectivity index (χ3n) is 4.61. The summed E-state index contributed by atoms with van der Waals surface area (Å²) in [4.78, 5) is 22.9. The van der Waals surface area contributed by atoms with E-state index in [0.717, 1.165) is 59.2 Å². The number of aliphatic imine (C=N–C) groups is 1. The Labute approximate surface area is 179 Å². The van der Waals surface area contributed by atoms with Gasteiger partial charge in [0.25, 0.3) is 0 Å². The topological polar surface area (TPSA) is 124 Å². The van der Waals surface area contributed by atoms with Crippen molar-refractivity contribution in [2.45, 2.75) is 12.8 Å². The number of fused-ring (bicyclic) bond motifs is 1. The molecule has 9 nitrogen and oxygen atoms in total. The van der Waals surface area contributed by atoms with Crippen LogP contribution in [0.15, 0.2) is 35.3 Å². The highest BCUT2D eigenvalue weighted by atomic mass is 16.5. The van der Waals surface area contributed by atoms with Gasteiger partial charge in [0, 0.05) is 24.2 Å². The Morgan fingerprint density at radius 3 is 1.94 bits per heavy atom. The quantitative estimate of drug-likeness (QED) is 0.669. The molecule has 0 aliphatic carbocycles. The number of hydrogen-bond acceptors (Lipinski definition) is 7. The van der Waals surface area contributed by atoms with Crippen molar-refractivity contribution in [2.75, 3.05) is 35.0 Å². The van der Waals surface area contributed by atoms with Gasteiger partial charge < -0.3 is 29.2 Å². The smallest absolute Gasteiger partial charge is 0.414 e. The van der Waals surface area contributed by atoms with E-state index in [0.29, 0.717) is 0 Å². The first-order valence-corrected chi connectivity index (χ1v) is 9.30. The van der Waals surface area contributed by atoms with Crippen molar-refractivity contribution in [1.82, 2.24) is 0 Å². The van der Waals surface area contributed by atoms with Gasteiger partial charge in [-0.05, 0) is 41.8 Å². The van der Waals surface area contributed by atoms with Gasteiger partial charge in [0.15, 0.2) is 23.0 Å². The van der Waals surface area contributed by atoms with Gasteiger partial charge in [-0.3, -0.25) is 4.99 Å². The van der Waals surface area contributed by atoms with Gasteiger partial charge in [0.1, 0.15) is 0 Å². The van der Waals surface area contributed by atoms with Crippen molar-refractivity contribution in [3.8, 4) is 23.0 Å². The van der Waals surface area contributed by atoms with Crippen molar-refractivity contribution in [2.24, 2.45) is 4.99 Å². The highest BCUT2D eigenvalue weighted by Gasteiger charge is 2.19. The molecule has 3 rings (SSSR count). The molecule has 1 aliphatic rings. The van der Waals surface area contributed by atoms with Crippen LogP contribution in [0.1, 0.15) is 16.7 Å². The van der Waals surface area contributed by atoms with E-state index in [1.807, 2.05) is 24.3 Å². The van der Waals surface area contributed by atoms with Crippen LogP contribution >= 0.6 is 0 Å². The van der Waals surface area contributed by atoms with Crippen molar-refractivity contribution in [1.29, 1.82) is 0 Å². The molecule has 0 atom stereocenters. The molecule has 0 saturated carbocycles. The SMILES string of the molecule is COc1ccc(CC2=NCCc3cc(OC)c(OC)cc32)cc1OC.O=C(O)C(=O)O. The number of ether oxygens (including phenoxy) is 4. The van der Waals surface area contributed by atoms with Gasteiger partial charge in [-0.25, -0.2) is 9.59 Å². The van der Waals surface area contributed by atoms with Crippen molar-refractivity contribution < 1.29 is 38.7 Å². The summed E-state index contributed by atoms with van der Waals surface area (Å²) >= 11 is 0. The number of benzene rings is 2. The fraction of sp³-hybridized carbons (Fsp3) is 0.318. The minimum atomic E-state index is -1.82. The zero-order valence-corrected chi connectivity index (χ0v) is 17.8.